The van der Waals surface area contributed by atoms with Gasteiger partial charge in [0.15, 0.2) is 0 Å². The fourth-order valence-electron chi connectivity index (χ4n) is 9.33. The van der Waals surface area contributed by atoms with Crippen LogP contribution in [0.15, 0.2) is 72.9 Å². The zero-order valence-corrected chi connectivity index (χ0v) is 46.3. The van der Waals surface area contributed by atoms with Crippen molar-refractivity contribution in [1.29, 1.82) is 0 Å². The molecule has 2 unspecified atom stereocenters. The lowest BCUT2D eigenvalue weighted by Crippen LogP contribution is -2.45. The fraction of sp³-hybridized carbons (Fsp3) is 0.800. The predicted molar refractivity (Wildman–Crippen MR) is 308 cm³/mol. The molecule has 1 amide bonds. The molecule has 0 aromatic carbocycles. The molecule has 0 spiro atoms. The Morgan fingerprint density at radius 2 is 0.638 bits per heavy atom. The second-order valence-electron chi connectivity index (χ2n) is 20.7. The van der Waals surface area contributed by atoms with Crippen LogP contribution in [0.4, 0.5) is 0 Å². The minimum Gasteiger partial charge on any atom is -0.394 e. The summed E-state index contributed by atoms with van der Waals surface area (Å²) in [5, 5.41) is 23.2. The molecular formula is C65H119NO3. The highest BCUT2D eigenvalue weighted by atomic mass is 16.3. The molecule has 0 aromatic heterocycles. The van der Waals surface area contributed by atoms with Crippen LogP contribution in [0.25, 0.3) is 0 Å². The largest absolute Gasteiger partial charge is 0.394 e. The highest BCUT2D eigenvalue weighted by molar-refractivity contribution is 5.76. The van der Waals surface area contributed by atoms with Gasteiger partial charge in [0.1, 0.15) is 0 Å². The van der Waals surface area contributed by atoms with Crippen LogP contribution in [0.1, 0.15) is 316 Å². The first-order valence-electron chi connectivity index (χ1n) is 30.7. The number of hydrogen-bond acceptors (Lipinski definition) is 3. The first-order valence-corrected chi connectivity index (χ1v) is 30.7. The Balaban J connectivity index is 3.41. The number of aliphatic hydroxyl groups is 2. The van der Waals surface area contributed by atoms with E-state index in [2.05, 4.69) is 79.9 Å². The topological polar surface area (TPSA) is 69.6 Å². The van der Waals surface area contributed by atoms with Gasteiger partial charge < -0.3 is 15.5 Å². The summed E-state index contributed by atoms with van der Waals surface area (Å²) in [6, 6.07) is -0.622. The Hall–Kier alpha value is -2.17. The molecule has 0 aliphatic rings. The highest BCUT2D eigenvalue weighted by Gasteiger charge is 2.18. The molecule has 0 heterocycles. The average Bonchev–Trinajstić information content (AvgIpc) is 3.35. The Bertz CT molecular complexity index is 1180. The summed E-state index contributed by atoms with van der Waals surface area (Å²) in [6.45, 7) is 4.21. The Kier molecular flexibility index (Phi) is 58.2. The van der Waals surface area contributed by atoms with Gasteiger partial charge in [-0.1, -0.05) is 318 Å². The van der Waals surface area contributed by atoms with Gasteiger partial charge in [0, 0.05) is 6.42 Å². The summed E-state index contributed by atoms with van der Waals surface area (Å²) in [6.07, 6.45) is 86.7. The number of aliphatic hydroxyl groups excluding tert-OH is 2. The number of carbonyl (C=O) groups is 1. The number of hydrogen-bond donors (Lipinski definition) is 3. The molecular weight excluding hydrogens is 843 g/mol. The maximum Gasteiger partial charge on any atom is 0.220 e. The molecule has 0 radical (unpaired) electrons. The minimum absolute atomic E-state index is 0.0595. The van der Waals surface area contributed by atoms with Gasteiger partial charge in [-0.2, -0.15) is 0 Å². The normalized spacial score (nSPS) is 13.3. The number of carbonyl (C=O) groups excluding carboxylic acids is 1. The van der Waals surface area contributed by atoms with E-state index in [1.165, 1.54) is 238 Å². The smallest absolute Gasteiger partial charge is 0.220 e. The highest BCUT2D eigenvalue weighted by Crippen LogP contribution is 2.18. The third kappa shape index (κ3) is 56.6. The summed E-state index contributed by atoms with van der Waals surface area (Å²) < 4.78 is 0. The molecule has 4 heteroatoms. The number of rotatable bonds is 56. The van der Waals surface area contributed by atoms with E-state index in [4.69, 9.17) is 0 Å². The van der Waals surface area contributed by atoms with Gasteiger partial charge >= 0.3 is 0 Å². The maximum atomic E-state index is 12.5. The van der Waals surface area contributed by atoms with E-state index in [1.807, 2.05) is 6.08 Å². The first kappa shape index (κ1) is 66.8. The van der Waals surface area contributed by atoms with Crippen LogP contribution >= 0.6 is 0 Å². The number of amides is 1. The van der Waals surface area contributed by atoms with Crippen molar-refractivity contribution in [3.63, 3.8) is 0 Å². The monoisotopic (exact) mass is 962 g/mol. The molecule has 2 atom stereocenters. The molecule has 0 bridgehead atoms. The number of nitrogens with one attached hydrogen (secondary N) is 1. The van der Waals surface area contributed by atoms with E-state index in [-0.39, 0.29) is 12.5 Å². The summed E-state index contributed by atoms with van der Waals surface area (Å²) in [4.78, 5) is 12.5. The fourth-order valence-corrected chi connectivity index (χ4v) is 9.33. The summed E-state index contributed by atoms with van der Waals surface area (Å²) in [5.41, 5.74) is 0. The van der Waals surface area contributed by atoms with Crippen LogP contribution < -0.4 is 5.32 Å². The van der Waals surface area contributed by atoms with Crippen molar-refractivity contribution in [1.82, 2.24) is 5.32 Å². The SMILES string of the molecule is CC/C=C\C/C=C\C/C=C\C/C=C\C/C=C\CCCCCCCCCCCCCCCCCCCCCCCCCCCC(=O)NC(CO)C(O)/C=C/CCCCCCCCCCCCCCCC. The third-order valence-corrected chi connectivity index (χ3v) is 13.9. The maximum absolute atomic E-state index is 12.5. The third-order valence-electron chi connectivity index (χ3n) is 13.9. The standard InChI is InChI=1S/C65H119NO3/c1-3-5-7-9-11-13-15-17-19-21-22-23-24-25-26-27-28-29-30-31-32-33-34-35-36-37-38-39-40-41-42-43-44-45-47-49-51-53-55-57-59-61-65(69)66-63(62-67)64(68)60-58-56-54-52-50-48-46-20-18-16-14-12-10-8-6-4-2/h5,7,11,13,17,19,22-23,25-26,58,60,63-64,67-68H,3-4,6,8-10,12,14-16,18,20-21,24,27-57,59,61-62H2,1-2H3,(H,66,69)/b7-5-,13-11-,19-17-,23-22-,26-25-,60-58+. The van der Waals surface area contributed by atoms with Gasteiger partial charge in [0.2, 0.25) is 5.91 Å². The van der Waals surface area contributed by atoms with Crippen molar-refractivity contribution in [3.05, 3.63) is 72.9 Å². The van der Waals surface area contributed by atoms with Crippen LogP contribution in [-0.4, -0.2) is 34.9 Å². The predicted octanol–water partition coefficient (Wildman–Crippen LogP) is 20.5. The second kappa shape index (κ2) is 60.1. The number of unbranched alkanes of at least 4 members (excludes halogenated alkanes) is 39. The molecule has 69 heavy (non-hydrogen) atoms. The molecule has 0 aliphatic heterocycles. The van der Waals surface area contributed by atoms with E-state index in [9.17, 15) is 15.0 Å². The van der Waals surface area contributed by atoms with Crippen molar-refractivity contribution in [2.45, 2.75) is 328 Å². The number of allylic oxidation sites excluding steroid dienone is 11. The average molecular weight is 963 g/mol. The van der Waals surface area contributed by atoms with Crippen molar-refractivity contribution in [2.75, 3.05) is 6.61 Å². The van der Waals surface area contributed by atoms with Crippen LogP contribution in [0.5, 0.6) is 0 Å². The molecule has 0 saturated heterocycles. The van der Waals surface area contributed by atoms with Crippen LogP contribution in [0.2, 0.25) is 0 Å². The Morgan fingerprint density at radius 1 is 0.362 bits per heavy atom. The van der Waals surface area contributed by atoms with E-state index in [0.29, 0.717) is 6.42 Å². The van der Waals surface area contributed by atoms with E-state index in [1.54, 1.807) is 6.08 Å². The molecule has 0 aromatic rings. The van der Waals surface area contributed by atoms with Gasteiger partial charge in [-0.3, -0.25) is 4.79 Å². The zero-order valence-electron chi connectivity index (χ0n) is 46.3. The van der Waals surface area contributed by atoms with Crippen molar-refractivity contribution in [2.24, 2.45) is 0 Å². The Labute approximate surface area is 431 Å². The lowest BCUT2D eigenvalue weighted by atomic mass is 10.0. The van der Waals surface area contributed by atoms with Crippen LogP contribution in [-0.2, 0) is 4.79 Å². The molecule has 402 valence electrons. The molecule has 3 N–H and O–H groups in total. The summed E-state index contributed by atoms with van der Waals surface area (Å²) in [5.74, 6) is -0.0595. The van der Waals surface area contributed by atoms with E-state index in [0.717, 1.165) is 57.8 Å². The van der Waals surface area contributed by atoms with Crippen molar-refractivity contribution < 1.29 is 15.0 Å². The molecule has 4 nitrogen and oxygen atoms in total. The van der Waals surface area contributed by atoms with Gasteiger partial charge in [-0.15, -0.1) is 0 Å². The van der Waals surface area contributed by atoms with Gasteiger partial charge in [0.25, 0.3) is 0 Å². The van der Waals surface area contributed by atoms with Gasteiger partial charge in [-0.25, -0.2) is 0 Å². The van der Waals surface area contributed by atoms with Crippen LogP contribution in [0, 0.1) is 0 Å². The van der Waals surface area contributed by atoms with E-state index < -0.39 is 12.1 Å². The first-order chi connectivity index (χ1) is 34.2. The van der Waals surface area contributed by atoms with Crippen molar-refractivity contribution >= 4 is 5.91 Å². The Morgan fingerprint density at radius 3 is 0.957 bits per heavy atom. The second-order valence-corrected chi connectivity index (χ2v) is 20.7. The quantitative estimate of drug-likeness (QED) is 0.0420. The summed E-state index contributed by atoms with van der Waals surface area (Å²) >= 11 is 0. The van der Waals surface area contributed by atoms with Gasteiger partial charge in [0.05, 0.1) is 18.8 Å². The molecule has 0 aliphatic carbocycles. The molecule has 0 saturated carbocycles. The minimum atomic E-state index is -0.839. The summed E-state index contributed by atoms with van der Waals surface area (Å²) in [7, 11) is 0. The molecule has 0 rings (SSSR count). The zero-order chi connectivity index (χ0) is 49.9. The lowest BCUT2D eigenvalue weighted by molar-refractivity contribution is -0.123. The lowest BCUT2D eigenvalue weighted by Gasteiger charge is -2.20. The van der Waals surface area contributed by atoms with Gasteiger partial charge in [-0.05, 0) is 64.2 Å². The molecule has 0 fully saturated rings. The van der Waals surface area contributed by atoms with Crippen molar-refractivity contribution in [3.8, 4) is 0 Å². The van der Waals surface area contributed by atoms with Crippen LogP contribution in [0.3, 0.4) is 0 Å². The van der Waals surface area contributed by atoms with E-state index >= 15 is 0 Å².